The summed E-state index contributed by atoms with van der Waals surface area (Å²) < 4.78 is 15.8. The second-order valence-electron chi connectivity index (χ2n) is 4.42. The van der Waals surface area contributed by atoms with Gasteiger partial charge < -0.3 is 24.9 Å². The van der Waals surface area contributed by atoms with E-state index in [1.807, 2.05) is 24.3 Å². The molecule has 0 spiro atoms. The zero-order valence-corrected chi connectivity index (χ0v) is 13.0. The van der Waals surface area contributed by atoms with Crippen molar-refractivity contribution in [3.8, 4) is 11.5 Å². The second-order valence-corrected chi connectivity index (χ2v) is 4.42. The quantitative estimate of drug-likeness (QED) is 0.773. The van der Waals surface area contributed by atoms with E-state index in [1.165, 1.54) is 0 Å². The van der Waals surface area contributed by atoms with E-state index in [9.17, 15) is 4.79 Å². The van der Waals surface area contributed by atoms with Crippen LogP contribution in [0.4, 0.5) is 0 Å². The van der Waals surface area contributed by atoms with E-state index in [0.717, 1.165) is 11.3 Å². The molecule has 120 valence electrons. The first-order valence-corrected chi connectivity index (χ1v) is 6.50. The highest BCUT2D eigenvalue weighted by atomic mass is 35.5. The van der Waals surface area contributed by atoms with Crippen LogP contribution in [0.1, 0.15) is 11.3 Å². The van der Waals surface area contributed by atoms with Crippen LogP contribution in [-0.2, 0) is 17.9 Å². The Hall–Kier alpha value is -2.18. The number of rotatable bonds is 8. The molecule has 1 aromatic carbocycles. The van der Waals surface area contributed by atoms with E-state index in [-0.39, 0.29) is 19.0 Å². The average molecular weight is 327 g/mol. The summed E-state index contributed by atoms with van der Waals surface area (Å²) in [5.74, 6) is 1.41. The van der Waals surface area contributed by atoms with Gasteiger partial charge in [0.2, 0.25) is 0 Å². The fraction of sp³-hybridized carbons (Fsp3) is 0.267. The number of carbonyl (C=O) groups is 1. The van der Waals surface area contributed by atoms with Crippen molar-refractivity contribution in [3.63, 3.8) is 0 Å². The SMILES string of the molecule is COc1cc(CNCc2ccco2)ccc1OCC(N)=O.Cl. The Morgan fingerprint density at radius 1 is 1.27 bits per heavy atom. The second kappa shape index (κ2) is 8.96. The van der Waals surface area contributed by atoms with E-state index >= 15 is 0 Å². The summed E-state index contributed by atoms with van der Waals surface area (Å²) in [6.45, 7) is 1.13. The minimum absolute atomic E-state index is 0. The van der Waals surface area contributed by atoms with E-state index in [4.69, 9.17) is 19.6 Å². The third-order valence-electron chi connectivity index (χ3n) is 2.81. The van der Waals surface area contributed by atoms with Gasteiger partial charge in [0.15, 0.2) is 18.1 Å². The number of carbonyl (C=O) groups excluding carboxylic acids is 1. The van der Waals surface area contributed by atoms with Gasteiger partial charge in [-0.15, -0.1) is 12.4 Å². The first kappa shape index (κ1) is 17.9. The summed E-state index contributed by atoms with van der Waals surface area (Å²) in [6.07, 6.45) is 1.64. The number of amides is 1. The molecule has 0 fully saturated rings. The highest BCUT2D eigenvalue weighted by Gasteiger charge is 2.07. The van der Waals surface area contributed by atoms with Crippen molar-refractivity contribution >= 4 is 18.3 Å². The molecule has 1 amide bonds. The van der Waals surface area contributed by atoms with Gasteiger partial charge in [0.25, 0.3) is 5.91 Å². The van der Waals surface area contributed by atoms with Crippen molar-refractivity contribution in [3.05, 3.63) is 47.9 Å². The summed E-state index contributed by atoms with van der Waals surface area (Å²) in [7, 11) is 1.55. The standard InChI is InChI=1S/C15H18N2O4.ClH/c1-19-14-7-11(4-5-13(14)21-10-15(16)18)8-17-9-12-3-2-6-20-12;/h2-7,17H,8-10H2,1H3,(H2,16,18);1H. The van der Waals surface area contributed by atoms with Crippen molar-refractivity contribution in [2.45, 2.75) is 13.1 Å². The van der Waals surface area contributed by atoms with Crippen molar-refractivity contribution in [1.82, 2.24) is 5.32 Å². The van der Waals surface area contributed by atoms with Crippen LogP contribution < -0.4 is 20.5 Å². The molecule has 0 bridgehead atoms. The van der Waals surface area contributed by atoms with Crippen molar-refractivity contribution < 1.29 is 18.7 Å². The van der Waals surface area contributed by atoms with Crippen LogP contribution in [-0.4, -0.2) is 19.6 Å². The summed E-state index contributed by atoms with van der Waals surface area (Å²) in [6, 6.07) is 9.27. The fourth-order valence-corrected chi connectivity index (χ4v) is 1.83. The van der Waals surface area contributed by atoms with E-state index < -0.39 is 5.91 Å². The summed E-state index contributed by atoms with van der Waals surface area (Å²) in [5.41, 5.74) is 6.08. The normalized spacial score (nSPS) is 9.86. The fourth-order valence-electron chi connectivity index (χ4n) is 1.83. The highest BCUT2D eigenvalue weighted by Crippen LogP contribution is 2.28. The monoisotopic (exact) mass is 326 g/mol. The molecule has 0 aliphatic carbocycles. The number of furan rings is 1. The highest BCUT2D eigenvalue weighted by molar-refractivity contribution is 5.85. The lowest BCUT2D eigenvalue weighted by Crippen LogP contribution is -2.20. The van der Waals surface area contributed by atoms with E-state index in [0.29, 0.717) is 24.6 Å². The molecular formula is C15H19ClN2O4. The molecule has 0 saturated heterocycles. The van der Waals surface area contributed by atoms with Gasteiger partial charge in [0.05, 0.1) is 19.9 Å². The molecule has 0 saturated carbocycles. The van der Waals surface area contributed by atoms with Crippen LogP contribution in [0.3, 0.4) is 0 Å². The van der Waals surface area contributed by atoms with Gasteiger partial charge in [-0.2, -0.15) is 0 Å². The molecule has 0 atom stereocenters. The number of hydrogen-bond donors (Lipinski definition) is 2. The lowest BCUT2D eigenvalue weighted by Gasteiger charge is -2.11. The minimum atomic E-state index is -0.527. The van der Waals surface area contributed by atoms with Crippen LogP contribution in [0.15, 0.2) is 41.0 Å². The van der Waals surface area contributed by atoms with Crippen LogP contribution in [0.2, 0.25) is 0 Å². The van der Waals surface area contributed by atoms with Crippen LogP contribution in [0.5, 0.6) is 11.5 Å². The molecule has 22 heavy (non-hydrogen) atoms. The minimum Gasteiger partial charge on any atom is -0.493 e. The predicted molar refractivity (Wildman–Crippen MR) is 84.2 cm³/mol. The van der Waals surface area contributed by atoms with E-state index in [2.05, 4.69) is 5.32 Å². The number of primary amides is 1. The number of nitrogens with one attached hydrogen (secondary N) is 1. The molecule has 3 N–H and O–H groups in total. The van der Waals surface area contributed by atoms with Crippen LogP contribution in [0, 0.1) is 0 Å². The Morgan fingerprint density at radius 3 is 2.73 bits per heavy atom. The molecule has 2 rings (SSSR count). The first-order chi connectivity index (χ1) is 10.2. The molecule has 0 radical (unpaired) electrons. The van der Waals surface area contributed by atoms with Crippen LogP contribution in [0.25, 0.3) is 0 Å². The van der Waals surface area contributed by atoms with Gasteiger partial charge in [-0.05, 0) is 29.8 Å². The number of benzene rings is 1. The van der Waals surface area contributed by atoms with Gasteiger partial charge in [-0.25, -0.2) is 0 Å². The molecule has 7 heteroatoms. The van der Waals surface area contributed by atoms with Crippen molar-refractivity contribution in [2.24, 2.45) is 5.73 Å². The Morgan fingerprint density at radius 2 is 2.09 bits per heavy atom. The molecule has 0 aliphatic heterocycles. The van der Waals surface area contributed by atoms with E-state index in [1.54, 1.807) is 19.4 Å². The third-order valence-corrected chi connectivity index (χ3v) is 2.81. The maximum Gasteiger partial charge on any atom is 0.255 e. The van der Waals surface area contributed by atoms with Crippen molar-refractivity contribution in [1.29, 1.82) is 0 Å². The summed E-state index contributed by atoms with van der Waals surface area (Å²) >= 11 is 0. The Balaban J connectivity index is 0.00000242. The molecule has 1 aromatic heterocycles. The van der Waals surface area contributed by atoms with Gasteiger partial charge in [-0.1, -0.05) is 6.07 Å². The molecule has 0 unspecified atom stereocenters. The molecule has 2 aromatic rings. The molecular weight excluding hydrogens is 308 g/mol. The van der Waals surface area contributed by atoms with Gasteiger partial charge in [0, 0.05) is 6.54 Å². The predicted octanol–water partition coefficient (Wildman–Crippen LogP) is 1.86. The maximum absolute atomic E-state index is 10.7. The molecule has 1 heterocycles. The van der Waals surface area contributed by atoms with Crippen LogP contribution >= 0.6 is 12.4 Å². The number of nitrogens with two attached hydrogens (primary N) is 1. The maximum atomic E-state index is 10.7. The molecule has 0 aliphatic rings. The smallest absolute Gasteiger partial charge is 0.255 e. The number of ether oxygens (including phenoxy) is 2. The third kappa shape index (κ3) is 5.31. The number of halogens is 1. The zero-order valence-electron chi connectivity index (χ0n) is 12.2. The largest absolute Gasteiger partial charge is 0.493 e. The topological polar surface area (TPSA) is 86.7 Å². The van der Waals surface area contributed by atoms with Gasteiger partial charge in [-0.3, -0.25) is 4.79 Å². The summed E-state index contributed by atoms with van der Waals surface area (Å²) in [5, 5.41) is 3.26. The lowest BCUT2D eigenvalue weighted by molar-refractivity contribution is -0.119. The first-order valence-electron chi connectivity index (χ1n) is 6.50. The Kier molecular flexibility index (Phi) is 7.28. The van der Waals surface area contributed by atoms with Gasteiger partial charge >= 0.3 is 0 Å². The number of methoxy groups -OCH3 is 1. The number of hydrogen-bond acceptors (Lipinski definition) is 5. The van der Waals surface area contributed by atoms with Gasteiger partial charge in [0.1, 0.15) is 5.76 Å². The summed E-state index contributed by atoms with van der Waals surface area (Å²) in [4.78, 5) is 10.7. The average Bonchev–Trinajstić information content (AvgIpc) is 2.98. The van der Waals surface area contributed by atoms with Crippen molar-refractivity contribution in [2.75, 3.05) is 13.7 Å². The zero-order chi connectivity index (χ0) is 15.1. The lowest BCUT2D eigenvalue weighted by atomic mass is 10.2. The molecule has 6 nitrogen and oxygen atoms in total. The Bertz CT molecular complexity index is 587. The Labute approximate surface area is 135 Å².